The van der Waals surface area contributed by atoms with Crippen molar-refractivity contribution in [1.29, 1.82) is 0 Å². The Morgan fingerprint density at radius 2 is 1.50 bits per heavy atom. The van der Waals surface area contributed by atoms with E-state index in [4.69, 9.17) is 35.2 Å². The number of hydrogen-bond donors (Lipinski definition) is 14. The number of ketones is 2. The van der Waals surface area contributed by atoms with Gasteiger partial charge in [0, 0.05) is 38.2 Å². The second kappa shape index (κ2) is 24.2. The van der Waals surface area contributed by atoms with Crippen LogP contribution < -0.4 is 11.5 Å². The Hall–Kier alpha value is -6.01. The number of aliphatic hydroxyl groups excluding tert-OH is 7. The number of ether oxygens (including phenoxy) is 5. The molecule has 4 heterocycles. The number of epoxide rings is 1. The topological polar surface area (TPSA) is 433 Å². The van der Waals surface area contributed by atoms with Gasteiger partial charge in [-0.15, -0.1) is 0 Å². The second-order valence-electron chi connectivity index (χ2n) is 21.6. The zero-order valence-electron chi connectivity index (χ0n) is 44.4. The smallest absolute Gasteiger partial charge is 0.330 e. The fourth-order valence-corrected chi connectivity index (χ4v) is 11.6. The summed E-state index contributed by atoms with van der Waals surface area (Å²) in [5.41, 5.74) is 4.20. The van der Waals surface area contributed by atoms with Gasteiger partial charge in [0.05, 0.1) is 89.5 Å². The van der Waals surface area contributed by atoms with Crippen molar-refractivity contribution in [2.75, 3.05) is 14.1 Å². The predicted molar refractivity (Wildman–Crippen MR) is 277 cm³/mol. The van der Waals surface area contributed by atoms with Gasteiger partial charge in [0.2, 0.25) is 5.78 Å². The molecule has 20 atom stereocenters. The van der Waals surface area contributed by atoms with Crippen molar-refractivity contribution in [2.45, 2.75) is 155 Å². The number of hydrogen-bond acceptors (Lipinski definition) is 23. The number of carbonyl (C=O) groups excluding carboxylic acids is 4. The van der Waals surface area contributed by atoms with Gasteiger partial charge in [-0.25, -0.2) is 4.79 Å². The monoisotopic (exact) mass is 1130 g/mol. The summed E-state index contributed by atoms with van der Waals surface area (Å²) < 4.78 is 28.5. The molecular formula is C55H71N3O22. The van der Waals surface area contributed by atoms with Gasteiger partial charge >= 0.3 is 11.9 Å². The lowest BCUT2D eigenvalue weighted by molar-refractivity contribution is -0.308. The summed E-state index contributed by atoms with van der Waals surface area (Å²) in [6, 6.07) is 1.42. The Morgan fingerprint density at radius 1 is 0.838 bits per heavy atom. The van der Waals surface area contributed by atoms with Gasteiger partial charge in [0.1, 0.15) is 47.1 Å². The molecule has 8 rings (SSSR count). The fraction of sp³-hybridized carbons (Fsp3) is 0.545. The van der Waals surface area contributed by atoms with Crippen LogP contribution in [0.15, 0.2) is 95.9 Å². The molecule has 4 fully saturated rings. The fourth-order valence-electron chi connectivity index (χ4n) is 11.6. The van der Waals surface area contributed by atoms with Crippen LogP contribution in [0.1, 0.15) is 64.0 Å². The molecule has 438 valence electrons. The van der Waals surface area contributed by atoms with Gasteiger partial charge in [0.15, 0.2) is 23.5 Å². The Balaban J connectivity index is 0.000000245. The van der Waals surface area contributed by atoms with Crippen molar-refractivity contribution in [1.82, 2.24) is 4.90 Å². The number of phenolic OH excluding ortho intramolecular Hbond substituents is 1. The largest absolute Gasteiger partial charge is 0.508 e. The summed E-state index contributed by atoms with van der Waals surface area (Å²) in [7, 11) is 2.80. The van der Waals surface area contributed by atoms with E-state index in [9.17, 15) is 85.3 Å². The molecule has 0 spiro atoms. The second-order valence-corrected chi connectivity index (χ2v) is 21.6. The number of carboxylic acid groups (broad SMARTS) is 1. The number of fused-ring (bicyclic) bond motifs is 6. The highest BCUT2D eigenvalue weighted by molar-refractivity contribution is 6.24. The number of phenols is 1. The van der Waals surface area contributed by atoms with E-state index in [1.54, 1.807) is 56.4 Å². The van der Waals surface area contributed by atoms with Gasteiger partial charge in [-0.05, 0) is 52.6 Å². The number of likely N-dealkylation sites (N-methyl/N-ethyl adjacent to an activating group) is 1. The van der Waals surface area contributed by atoms with E-state index in [1.165, 1.54) is 56.3 Å². The van der Waals surface area contributed by atoms with Crippen molar-refractivity contribution < 1.29 is 109 Å². The molecule has 0 radical (unpaired) electrons. The van der Waals surface area contributed by atoms with Crippen molar-refractivity contribution in [3.63, 3.8) is 0 Å². The van der Waals surface area contributed by atoms with Crippen LogP contribution in [0, 0.1) is 17.8 Å². The number of aliphatic hydroxyl groups is 10. The molecule has 1 aromatic carbocycles. The SMILES string of the molecule is CN(C)[C@@H]1C(=O)C(C(N)=O)=C(O)[C@@]2(O)C(=O)C3=C(O)c4c(O)cccc4[C@](C)(O)[C@H]3[C@H](O)[C@@H]12.C[C@@H]1C/C=C/C=C/C=C/C=C/[C@H](O[C@@H]2O[C@H](C)[C@@H](O)[C@H](N)[C@@H]2O)C[C@@H]2O[C@](O)(C[C@@H](O)C[C@H]3O[C@@H]3/C=C/C(=O)O1)C[C@H](O)[C@H]2C(=O)O. The number of aromatic hydroxyl groups is 1. The number of carbonyl (C=O) groups is 5. The number of primary amides is 1. The van der Waals surface area contributed by atoms with E-state index in [2.05, 4.69) is 0 Å². The molecule has 1 amide bonds. The summed E-state index contributed by atoms with van der Waals surface area (Å²) in [5, 5.41) is 130. The summed E-state index contributed by atoms with van der Waals surface area (Å²) in [4.78, 5) is 64.4. The third-order valence-corrected chi connectivity index (χ3v) is 15.6. The molecule has 7 aliphatic rings. The van der Waals surface area contributed by atoms with E-state index in [0.29, 0.717) is 6.42 Å². The molecule has 25 nitrogen and oxygen atoms in total. The van der Waals surface area contributed by atoms with Crippen LogP contribution in [0.2, 0.25) is 0 Å². The number of rotatable bonds is 5. The first-order valence-corrected chi connectivity index (χ1v) is 26.0. The zero-order chi connectivity index (χ0) is 59.1. The van der Waals surface area contributed by atoms with Crippen LogP contribution in [0.25, 0.3) is 5.76 Å². The Kier molecular flexibility index (Phi) is 18.6. The summed E-state index contributed by atoms with van der Waals surface area (Å²) >= 11 is 0. The van der Waals surface area contributed by atoms with E-state index in [-0.39, 0.29) is 36.5 Å². The molecule has 80 heavy (non-hydrogen) atoms. The number of nitrogens with two attached hydrogens (primary N) is 2. The van der Waals surface area contributed by atoms with Crippen LogP contribution in [-0.4, -0.2) is 207 Å². The van der Waals surface area contributed by atoms with Gasteiger partial charge in [-0.3, -0.25) is 24.1 Å². The van der Waals surface area contributed by atoms with Gasteiger partial charge in [-0.1, -0.05) is 60.7 Å². The number of allylic oxidation sites excluding steroid dienone is 6. The first kappa shape index (κ1) is 61.6. The molecular weight excluding hydrogens is 1050 g/mol. The van der Waals surface area contributed by atoms with E-state index < -0.39 is 178 Å². The number of esters is 1. The maximum Gasteiger partial charge on any atom is 0.330 e. The zero-order valence-corrected chi connectivity index (χ0v) is 44.4. The maximum absolute atomic E-state index is 13.7. The Morgan fingerprint density at radius 3 is 2.15 bits per heavy atom. The van der Waals surface area contributed by atoms with E-state index in [0.717, 1.165) is 0 Å². The molecule has 16 N–H and O–H groups in total. The van der Waals surface area contributed by atoms with Gasteiger partial charge < -0.3 is 96.4 Å². The van der Waals surface area contributed by atoms with Crippen LogP contribution in [0.3, 0.4) is 0 Å². The molecule has 1 aromatic rings. The van der Waals surface area contributed by atoms with Crippen LogP contribution >= 0.6 is 0 Å². The molecule has 0 aromatic heterocycles. The summed E-state index contributed by atoms with van der Waals surface area (Å²) in [5.74, 6) is -15.1. The molecule has 2 bridgehead atoms. The highest BCUT2D eigenvalue weighted by atomic mass is 16.7. The van der Waals surface area contributed by atoms with Crippen molar-refractivity contribution in [2.24, 2.45) is 29.2 Å². The minimum atomic E-state index is -3.02. The van der Waals surface area contributed by atoms with E-state index >= 15 is 0 Å². The number of benzene rings is 1. The number of carboxylic acids is 1. The van der Waals surface area contributed by atoms with Crippen molar-refractivity contribution in [3.05, 3.63) is 107 Å². The standard InChI is InChI=1S/C33H47NO13.C22H24N2O9/c1-18-10-8-6-4-3-5-7-9-11-21(45-32-30(39)28(34)29(38)19(2)44-32)15-25-27(31(40)41)22(36)17-33(42,47-25)16-20(35)14-24-23(46-24)12-13-26(37)43-18;1-21(32)7-5-4-6-8(25)9(7)15(26)10-12(21)17(28)13-14(24(2)3)16(27)11(20(23)31)19(30)22(13,33)18(10)29/h3-9,11-13,18-25,27-30,32,35-36,38-39,42H,10,14-17,34H2,1-2H3,(H,40,41);4-6,12-14,17,25-26,28,30,32-33H,1-3H3,(H2,23,31)/b4-3+,7-5+,8-6+,11-9+,13-12+;/t18-,19-,20+,21+,22+,23-,24-,25+,27-,28+,29-,30+,32+,33-;12-,13-,14+,17+,21+,22+/m11/s1. The average Bonchev–Trinajstić information content (AvgIpc) is 3.92. The number of Topliss-reactive ketones (excluding diaryl/α,β-unsaturated/α-hetero) is 2. The van der Waals surface area contributed by atoms with Crippen LogP contribution in [0.5, 0.6) is 5.75 Å². The third-order valence-electron chi connectivity index (χ3n) is 15.6. The minimum Gasteiger partial charge on any atom is -0.508 e. The first-order chi connectivity index (χ1) is 37.5. The summed E-state index contributed by atoms with van der Waals surface area (Å²) in [6.45, 7) is 4.59. The molecule has 4 aliphatic heterocycles. The normalized spacial score (nSPS) is 42.6. The number of nitrogens with zero attached hydrogens (tertiary/aromatic N) is 1. The quantitative estimate of drug-likeness (QED) is 0.0927. The highest BCUT2D eigenvalue weighted by Gasteiger charge is 2.70. The first-order valence-electron chi connectivity index (χ1n) is 26.0. The molecule has 25 heteroatoms. The molecule has 1 saturated carbocycles. The average molecular weight is 1130 g/mol. The number of aliphatic carboxylic acids is 1. The molecule has 3 aliphatic carbocycles. The lowest BCUT2D eigenvalue weighted by Crippen LogP contribution is -2.71. The Labute approximate surface area is 459 Å². The van der Waals surface area contributed by atoms with Gasteiger partial charge in [0.25, 0.3) is 5.91 Å². The van der Waals surface area contributed by atoms with E-state index in [1.807, 2.05) is 6.08 Å². The van der Waals surface area contributed by atoms with Crippen molar-refractivity contribution in [3.8, 4) is 5.75 Å². The van der Waals surface area contributed by atoms with Crippen LogP contribution in [-0.2, 0) is 53.3 Å². The third kappa shape index (κ3) is 12.3. The number of amides is 1. The summed E-state index contributed by atoms with van der Waals surface area (Å²) in [6.07, 6.45) is 3.38. The molecule has 0 unspecified atom stereocenters. The Bertz CT molecular complexity index is 2770. The van der Waals surface area contributed by atoms with Gasteiger partial charge in [-0.2, -0.15) is 0 Å². The number of cyclic esters (lactones) is 1. The highest BCUT2D eigenvalue weighted by Crippen LogP contribution is 2.57. The molecule has 3 saturated heterocycles. The maximum atomic E-state index is 13.7. The lowest BCUT2D eigenvalue weighted by Gasteiger charge is -2.55. The minimum absolute atomic E-state index is 0.00664. The van der Waals surface area contributed by atoms with Crippen LogP contribution in [0.4, 0.5) is 0 Å². The lowest BCUT2D eigenvalue weighted by atomic mass is 9.53. The van der Waals surface area contributed by atoms with Crippen molar-refractivity contribution >= 4 is 35.2 Å². The predicted octanol–water partition coefficient (Wildman–Crippen LogP) is -1.28.